The monoisotopic (exact) mass is 345 g/mol. The Balaban J connectivity index is 1.62. The van der Waals surface area contributed by atoms with Crippen molar-refractivity contribution in [1.29, 1.82) is 0 Å². The fourth-order valence-corrected chi connectivity index (χ4v) is 2.45. The predicted octanol–water partition coefficient (Wildman–Crippen LogP) is 2.85. The van der Waals surface area contributed by atoms with E-state index in [0.29, 0.717) is 18.9 Å². The molecular weight excluding hydrogens is 328 g/mol. The number of ether oxygens (including phenoxy) is 1. The maximum absolute atomic E-state index is 13.5. The first-order chi connectivity index (χ1) is 12.1. The largest absolute Gasteiger partial charge is 0.378 e. The first-order valence-electron chi connectivity index (χ1n) is 7.85. The molecule has 0 atom stereocenters. The van der Waals surface area contributed by atoms with E-state index < -0.39 is 17.5 Å². The van der Waals surface area contributed by atoms with E-state index in [1.165, 1.54) is 6.07 Å². The lowest BCUT2D eigenvalue weighted by Crippen LogP contribution is -2.36. The summed E-state index contributed by atoms with van der Waals surface area (Å²) in [6, 6.07) is 7.07. The van der Waals surface area contributed by atoms with Crippen molar-refractivity contribution in [2.75, 3.05) is 36.5 Å². The summed E-state index contributed by atoms with van der Waals surface area (Å²) < 4.78 is 32.3. The number of anilines is 2. The van der Waals surface area contributed by atoms with Crippen LogP contribution in [0.5, 0.6) is 0 Å². The molecule has 0 spiro atoms. The molecule has 2 heterocycles. The van der Waals surface area contributed by atoms with E-state index in [4.69, 9.17) is 4.74 Å². The van der Waals surface area contributed by atoms with Crippen LogP contribution in [0.1, 0.15) is 5.56 Å². The zero-order chi connectivity index (χ0) is 17.6. The minimum absolute atomic E-state index is 0.251. The maximum atomic E-state index is 13.5. The molecule has 1 amide bonds. The van der Waals surface area contributed by atoms with Crippen molar-refractivity contribution in [2.45, 2.75) is 0 Å². The molecule has 1 N–H and O–H groups in total. The first-order valence-corrected chi connectivity index (χ1v) is 7.85. The number of halogens is 2. The number of nitrogens with one attached hydrogen (secondary N) is 1. The lowest BCUT2D eigenvalue weighted by molar-refractivity contribution is -0.111. The smallest absolute Gasteiger partial charge is 0.248 e. The van der Waals surface area contributed by atoms with Crippen LogP contribution in [0.2, 0.25) is 0 Å². The lowest BCUT2D eigenvalue weighted by Gasteiger charge is -2.27. The van der Waals surface area contributed by atoms with Gasteiger partial charge in [0.1, 0.15) is 17.5 Å². The molecule has 1 aliphatic heterocycles. The second-order valence-corrected chi connectivity index (χ2v) is 5.46. The van der Waals surface area contributed by atoms with E-state index in [1.54, 1.807) is 18.3 Å². The summed E-state index contributed by atoms with van der Waals surface area (Å²) in [6.07, 6.45) is 3.73. The Hall–Kier alpha value is -2.80. The molecule has 1 aliphatic rings. The number of hydrogen-bond acceptors (Lipinski definition) is 4. The normalized spacial score (nSPS) is 14.7. The van der Waals surface area contributed by atoms with Gasteiger partial charge in [0.25, 0.3) is 0 Å². The van der Waals surface area contributed by atoms with Crippen molar-refractivity contribution in [3.8, 4) is 0 Å². The van der Waals surface area contributed by atoms with Gasteiger partial charge in [-0.3, -0.25) is 4.79 Å². The van der Waals surface area contributed by atoms with Gasteiger partial charge in [0.2, 0.25) is 5.91 Å². The van der Waals surface area contributed by atoms with E-state index >= 15 is 0 Å². The second-order valence-electron chi connectivity index (χ2n) is 5.46. The molecule has 0 unspecified atom stereocenters. The SMILES string of the molecule is O=C(C=Cc1c(F)cccc1F)Nc1ccc(N2CCOCC2)nc1. The van der Waals surface area contributed by atoms with E-state index in [1.807, 2.05) is 0 Å². The minimum atomic E-state index is -0.722. The Morgan fingerprint density at radius 1 is 1.16 bits per heavy atom. The Kier molecular flexibility index (Phi) is 5.35. The molecule has 7 heteroatoms. The van der Waals surface area contributed by atoms with Gasteiger partial charge in [0.05, 0.1) is 25.1 Å². The average molecular weight is 345 g/mol. The van der Waals surface area contributed by atoms with Crippen molar-refractivity contribution in [2.24, 2.45) is 0 Å². The van der Waals surface area contributed by atoms with Gasteiger partial charge in [-0.05, 0) is 30.3 Å². The molecule has 3 rings (SSSR count). The highest BCUT2D eigenvalue weighted by Gasteiger charge is 2.12. The molecule has 0 aliphatic carbocycles. The van der Waals surface area contributed by atoms with Crippen LogP contribution >= 0.6 is 0 Å². The van der Waals surface area contributed by atoms with Crippen LogP contribution < -0.4 is 10.2 Å². The number of amides is 1. The van der Waals surface area contributed by atoms with Gasteiger partial charge >= 0.3 is 0 Å². The fraction of sp³-hybridized carbons (Fsp3) is 0.222. The first kappa shape index (κ1) is 17.0. The summed E-state index contributed by atoms with van der Waals surface area (Å²) in [5.74, 6) is -1.13. The van der Waals surface area contributed by atoms with E-state index in [9.17, 15) is 13.6 Å². The second kappa shape index (κ2) is 7.85. The van der Waals surface area contributed by atoms with Crippen LogP contribution in [0.4, 0.5) is 20.3 Å². The number of morpholine rings is 1. The number of carbonyl (C=O) groups is 1. The molecule has 0 radical (unpaired) electrons. The minimum Gasteiger partial charge on any atom is -0.378 e. The summed E-state index contributed by atoms with van der Waals surface area (Å²) in [5, 5.41) is 2.60. The Morgan fingerprint density at radius 2 is 1.88 bits per heavy atom. The number of benzene rings is 1. The van der Waals surface area contributed by atoms with Gasteiger partial charge in [-0.1, -0.05) is 6.07 Å². The number of rotatable bonds is 4. The molecule has 1 aromatic carbocycles. The number of aromatic nitrogens is 1. The van der Waals surface area contributed by atoms with E-state index in [2.05, 4.69) is 15.2 Å². The summed E-state index contributed by atoms with van der Waals surface area (Å²) in [5.41, 5.74) is 0.249. The summed E-state index contributed by atoms with van der Waals surface area (Å²) >= 11 is 0. The molecule has 2 aromatic rings. The third kappa shape index (κ3) is 4.39. The molecule has 1 saturated heterocycles. The quantitative estimate of drug-likeness (QED) is 0.866. The molecule has 0 bridgehead atoms. The summed E-state index contributed by atoms with van der Waals surface area (Å²) in [4.78, 5) is 18.3. The van der Waals surface area contributed by atoms with Gasteiger partial charge in [0, 0.05) is 24.7 Å². The van der Waals surface area contributed by atoms with Crippen LogP contribution in [0.15, 0.2) is 42.6 Å². The molecule has 1 aromatic heterocycles. The molecule has 0 saturated carbocycles. The standard InChI is InChI=1S/C18H17F2N3O2/c19-15-2-1-3-16(20)14(15)5-7-18(24)22-13-4-6-17(21-12-13)23-8-10-25-11-9-23/h1-7,12H,8-11H2,(H,22,24). The van der Waals surface area contributed by atoms with Gasteiger partial charge < -0.3 is 15.0 Å². The van der Waals surface area contributed by atoms with Gasteiger partial charge in [-0.15, -0.1) is 0 Å². The maximum Gasteiger partial charge on any atom is 0.248 e. The van der Waals surface area contributed by atoms with Crippen molar-refractivity contribution in [3.05, 3.63) is 59.8 Å². The third-order valence-electron chi connectivity index (χ3n) is 3.75. The van der Waals surface area contributed by atoms with Crippen LogP contribution in [-0.4, -0.2) is 37.2 Å². The molecule has 25 heavy (non-hydrogen) atoms. The van der Waals surface area contributed by atoms with Crippen molar-refractivity contribution in [3.63, 3.8) is 0 Å². The Morgan fingerprint density at radius 3 is 2.52 bits per heavy atom. The van der Waals surface area contributed by atoms with Crippen LogP contribution in [-0.2, 0) is 9.53 Å². The number of pyridine rings is 1. The van der Waals surface area contributed by atoms with Crippen LogP contribution in [0.25, 0.3) is 6.08 Å². The molecule has 130 valence electrons. The highest BCUT2D eigenvalue weighted by molar-refractivity contribution is 6.01. The van der Waals surface area contributed by atoms with Gasteiger partial charge in [-0.2, -0.15) is 0 Å². The third-order valence-corrected chi connectivity index (χ3v) is 3.75. The summed E-state index contributed by atoms with van der Waals surface area (Å²) in [7, 11) is 0. The number of carbonyl (C=O) groups excluding carboxylic acids is 1. The lowest BCUT2D eigenvalue weighted by atomic mass is 10.2. The zero-order valence-corrected chi connectivity index (χ0v) is 13.4. The Bertz CT molecular complexity index is 752. The molecular formula is C18H17F2N3O2. The van der Waals surface area contributed by atoms with Gasteiger partial charge in [-0.25, -0.2) is 13.8 Å². The fourth-order valence-electron chi connectivity index (χ4n) is 2.45. The van der Waals surface area contributed by atoms with Crippen molar-refractivity contribution in [1.82, 2.24) is 4.98 Å². The zero-order valence-electron chi connectivity index (χ0n) is 13.4. The molecule has 5 nitrogen and oxygen atoms in total. The van der Waals surface area contributed by atoms with E-state index in [-0.39, 0.29) is 5.56 Å². The van der Waals surface area contributed by atoms with Crippen molar-refractivity contribution < 1.29 is 18.3 Å². The van der Waals surface area contributed by atoms with E-state index in [0.717, 1.165) is 43.2 Å². The number of nitrogens with zero attached hydrogens (tertiary/aromatic N) is 2. The topological polar surface area (TPSA) is 54.5 Å². The highest BCUT2D eigenvalue weighted by Crippen LogP contribution is 2.16. The van der Waals surface area contributed by atoms with Crippen LogP contribution in [0.3, 0.4) is 0 Å². The predicted molar refractivity (Wildman–Crippen MR) is 91.3 cm³/mol. The van der Waals surface area contributed by atoms with Crippen LogP contribution in [0, 0.1) is 11.6 Å². The average Bonchev–Trinajstić information content (AvgIpc) is 2.63. The molecule has 1 fully saturated rings. The highest BCUT2D eigenvalue weighted by atomic mass is 19.1. The Labute approximate surface area is 143 Å². The van der Waals surface area contributed by atoms with Gasteiger partial charge in [0.15, 0.2) is 0 Å². The summed E-state index contributed by atoms with van der Waals surface area (Å²) in [6.45, 7) is 2.88. The number of hydrogen-bond donors (Lipinski definition) is 1. The van der Waals surface area contributed by atoms with Crippen molar-refractivity contribution >= 4 is 23.5 Å².